The molecule has 0 saturated carbocycles. The molecule has 1 aromatic heterocycles. The molecule has 1 N–H and O–H groups in total. The molecule has 0 bridgehead atoms. The monoisotopic (exact) mass is 532 g/mol. The van der Waals surface area contributed by atoms with Crippen molar-refractivity contribution in [2.75, 3.05) is 12.4 Å². The number of anilines is 1. The molecule has 1 spiro atoms. The molecule has 1 saturated heterocycles. The smallest absolute Gasteiger partial charge is 0.238 e. The number of ether oxygens (including phenoxy) is 1. The van der Waals surface area contributed by atoms with Gasteiger partial charge in [0.15, 0.2) is 11.6 Å². The van der Waals surface area contributed by atoms with Gasteiger partial charge in [-0.1, -0.05) is 60.7 Å². The van der Waals surface area contributed by atoms with Gasteiger partial charge in [0.25, 0.3) is 0 Å². The van der Waals surface area contributed by atoms with Gasteiger partial charge in [0.2, 0.25) is 5.91 Å². The van der Waals surface area contributed by atoms with E-state index in [4.69, 9.17) is 4.74 Å². The number of ketones is 2. The molecule has 39 heavy (non-hydrogen) atoms. The van der Waals surface area contributed by atoms with Gasteiger partial charge in [-0.3, -0.25) is 14.4 Å². The van der Waals surface area contributed by atoms with Crippen molar-refractivity contribution in [1.29, 1.82) is 0 Å². The van der Waals surface area contributed by atoms with Gasteiger partial charge < -0.3 is 15.0 Å². The second-order valence-electron chi connectivity index (χ2n) is 10.0. The van der Waals surface area contributed by atoms with E-state index < -0.39 is 23.4 Å². The molecule has 4 heterocycles. The van der Waals surface area contributed by atoms with Crippen molar-refractivity contribution < 1.29 is 19.1 Å². The minimum atomic E-state index is -1.34. The molecule has 7 rings (SSSR count). The number of nitrogens with zero attached hydrogens (tertiary/aromatic N) is 1. The van der Waals surface area contributed by atoms with Crippen LogP contribution in [0.1, 0.15) is 42.8 Å². The predicted octanol–water partition coefficient (Wildman–Crippen LogP) is 5.74. The Morgan fingerprint density at radius 1 is 0.949 bits per heavy atom. The summed E-state index contributed by atoms with van der Waals surface area (Å²) in [7, 11) is 1.55. The van der Waals surface area contributed by atoms with Gasteiger partial charge in [0.1, 0.15) is 17.2 Å². The summed E-state index contributed by atoms with van der Waals surface area (Å²) >= 11 is 1.34. The normalized spacial score (nSPS) is 24.2. The van der Waals surface area contributed by atoms with Crippen LogP contribution in [-0.2, 0) is 10.2 Å². The summed E-state index contributed by atoms with van der Waals surface area (Å²) in [4.78, 5) is 46.0. The topological polar surface area (TPSA) is 75.7 Å². The lowest BCUT2D eigenvalue weighted by molar-refractivity contribution is -0.122. The summed E-state index contributed by atoms with van der Waals surface area (Å²) in [5.41, 5.74) is 2.34. The molecule has 192 valence electrons. The quantitative estimate of drug-likeness (QED) is 0.332. The highest BCUT2D eigenvalue weighted by molar-refractivity contribution is 7.12. The molecule has 7 heteroatoms. The number of nitrogens with one attached hydrogen (secondary N) is 1. The Hall–Kier alpha value is -4.49. The van der Waals surface area contributed by atoms with Crippen molar-refractivity contribution in [2.45, 2.75) is 17.5 Å². The first-order valence-corrected chi connectivity index (χ1v) is 13.6. The molecule has 3 aliphatic heterocycles. The molecule has 0 aliphatic carbocycles. The molecule has 1 fully saturated rings. The van der Waals surface area contributed by atoms with Gasteiger partial charge in [-0.15, -0.1) is 11.3 Å². The van der Waals surface area contributed by atoms with Crippen LogP contribution in [0.2, 0.25) is 0 Å². The molecule has 4 unspecified atom stereocenters. The Kier molecular flexibility index (Phi) is 5.32. The van der Waals surface area contributed by atoms with E-state index in [9.17, 15) is 14.4 Å². The highest BCUT2D eigenvalue weighted by Gasteiger charge is 2.70. The van der Waals surface area contributed by atoms with Crippen molar-refractivity contribution in [3.8, 4) is 5.75 Å². The first-order chi connectivity index (χ1) is 19.1. The van der Waals surface area contributed by atoms with Gasteiger partial charge in [-0.25, -0.2) is 0 Å². The minimum Gasteiger partial charge on any atom is -0.497 e. The van der Waals surface area contributed by atoms with Gasteiger partial charge >= 0.3 is 0 Å². The van der Waals surface area contributed by atoms with E-state index in [1.807, 2.05) is 77.2 Å². The van der Waals surface area contributed by atoms with Crippen LogP contribution in [0, 0.1) is 5.92 Å². The van der Waals surface area contributed by atoms with Gasteiger partial charge in [0, 0.05) is 17.5 Å². The van der Waals surface area contributed by atoms with E-state index in [0.29, 0.717) is 21.9 Å². The Balaban J connectivity index is 1.54. The lowest BCUT2D eigenvalue weighted by atomic mass is 9.63. The third-order valence-electron chi connectivity index (χ3n) is 8.24. The number of carbonyl (C=O) groups excluding carboxylic acids is 3. The van der Waals surface area contributed by atoms with E-state index in [-0.39, 0.29) is 17.5 Å². The molecule has 3 aromatic carbocycles. The van der Waals surface area contributed by atoms with Crippen LogP contribution in [0.15, 0.2) is 96.5 Å². The van der Waals surface area contributed by atoms with Crippen LogP contribution in [0.25, 0.3) is 6.08 Å². The highest BCUT2D eigenvalue weighted by Crippen LogP contribution is 2.62. The number of rotatable bonds is 5. The molecule has 3 aliphatic rings. The van der Waals surface area contributed by atoms with Crippen molar-refractivity contribution in [2.24, 2.45) is 5.92 Å². The van der Waals surface area contributed by atoms with Gasteiger partial charge in [-0.2, -0.15) is 0 Å². The number of benzene rings is 3. The predicted molar refractivity (Wildman–Crippen MR) is 150 cm³/mol. The van der Waals surface area contributed by atoms with E-state index in [1.54, 1.807) is 37.4 Å². The Labute approximate surface area is 229 Å². The fourth-order valence-electron chi connectivity index (χ4n) is 6.69. The average Bonchev–Trinajstić information content (AvgIpc) is 3.69. The third kappa shape index (κ3) is 3.23. The second kappa shape index (κ2) is 8.78. The summed E-state index contributed by atoms with van der Waals surface area (Å²) < 4.78 is 5.42. The van der Waals surface area contributed by atoms with Crippen LogP contribution in [0.4, 0.5) is 5.69 Å². The van der Waals surface area contributed by atoms with Crippen molar-refractivity contribution in [3.05, 3.63) is 124 Å². The fourth-order valence-corrected chi connectivity index (χ4v) is 7.39. The molecule has 1 amide bonds. The summed E-state index contributed by atoms with van der Waals surface area (Å²) in [6.45, 7) is 0. The summed E-state index contributed by atoms with van der Waals surface area (Å²) in [5, 5.41) is 4.93. The highest BCUT2D eigenvalue weighted by atomic mass is 32.1. The molecule has 0 radical (unpaired) electrons. The maximum Gasteiger partial charge on any atom is 0.238 e. The lowest BCUT2D eigenvalue weighted by Gasteiger charge is -2.38. The maximum absolute atomic E-state index is 14.7. The first kappa shape index (κ1) is 23.6. The Morgan fingerprint density at radius 3 is 2.59 bits per heavy atom. The summed E-state index contributed by atoms with van der Waals surface area (Å²) in [6, 6.07) is 24.5. The maximum atomic E-state index is 14.7. The molecule has 6 nitrogen and oxygen atoms in total. The van der Waals surface area contributed by atoms with Gasteiger partial charge in [0.05, 0.1) is 23.9 Å². The number of amides is 1. The van der Waals surface area contributed by atoms with Crippen molar-refractivity contribution in [1.82, 2.24) is 4.90 Å². The van der Waals surface area contributed by atoms with E-state index in [0.717, 1.165) is 16.7 Å². The number of hydrogen-bond acceptors (Lipinski definition) is 6. The van der Waals surface area contributed by atoms with Crippen LogP contribution < -0.4 is 10.1 Å². The number of methoxy groups -OCH3 is 1. The number of fused-ring (bicyclic) bond motifs is 6. The lowest BCUT2D eigenvalue weighted by Crippen LogP contribution is -2.49. The molecule has 4 aromatic rings. The Morgan fingerprint density at radius 2 is 1.77 bits per heavy atom. The first-order valence-electron chi connectivity index (χ1n) is 12.8. The van der Waals surface area contributed by atoms with Crippen LogP contribution >= 0.6 is 11.3 Å². The van der Waals surface area contributed by atoms with Crippen LogP contribution in [0.5, 0.6) is 5.75 Å². The van der Waals surface area contributed by atoms with E-state index in [1.165, 1.54) is 11.3 Å². The summed E-state index contributed by atoms with van der Waals surface area (Å²) in [6.07, 6.45) is 3.85. The molecule has 4 atom stereocenters. The molecular formula is C32H24N2O4S. The standard InChI is InChI=1S/C32H24N2O4S/c1-38-21-10-6-9-20(18-21)28(35)26-27(29(36)25-14-7-17-39-25)34-16-15-19-8-2-3-11-22(19)30(34)32(26)23-12-4-5-13-24(23)33-31(32)37/h2-18,26-27,30H,1H3,(H,33,37). The molecular weight excluding hydrogens is 508 g/mol. The fraction of sp³-hybridized carbons (Fsp3) is 0.156. The van der Waals surface area contributed by atoms with Crippen LogP contribution in [-0.4, -0.2) is 35.5 Å². The second-order valence-corrected chi connectivity index (χ2v) is 11.0. The largest absolute Gasteiger partial charge is 0.497 e. The average molecular weight is 533 g/mol. The van der Waals surface area contributed by atoms with E-state index >= 15 is 0 Å². The zero-order chi connectivity index (χ0) is 26.7. The number of carbonyl (C=O) groups is 3. The van der Waals surface area contributed by atoms with E-state index in [2.05, 4.69) is 5.32 Å². The number of hydrogen-bond donors (Lipinski definition) is 1. The van der Waals surface area contributed by atoms with Crippen molar-refractivity contribution in [3.63, 3.8) is 0 Å². The number of para-hydroxylation sites is 1. The van der Waals surface area contributed by atoms with Gasteiger partial charge in [-0.05, 0) is 52.4 Å². The van der Waals surface area contributed by atoms with Crippen LogP contribution in [0.3, 0.4) is 0 Å². The zero-order valence-corrected chi connectivity index (χ0v) is 21.9. The minimum absolute atomic E-state index is 0.172. The summed E-state index contributed by atoms with van der Waals surface area (Å²) in [5.74, 6) is -1.17. The zero-order valence-electron chi connectivity index (χ0n) is 21.0. The number of Topliss-reactive ketones (excluding diaryl/α,β-unsaturated/α-hetero) is 2. The Bertz CT molecular complexity index is 1680. The third-order valence-corrected chi connectivity index (χ3v) is 9.12. The SMILES string of the molecule is COc1cccc(C(=O)C2C(C(=O)c3cccs3)N3C=Cc4ccccc4C3C23C(=O)Nc2ccccc23)c1. The number of thiophene rings is 1. The van der Waals surface area contributed by atoms with Crippen molar-refractivity contribution >= 4 is 40.6 Å².